The van der Waals surface area contributed by atoms with Crippen molar-refractivity contribution in [3.8, 4) is 0 Å². The topological polar surface area (TPSA) is 194 Å². The summed E-state index contributed by atoms with van der Waals surface area (Å²) in [7, 11) is 0. The summed E-state index contributed by atoms with van der Waals surface area (Å²) in [5, 5.41) is 16.5. The molecule has 0 heterocycles. The van der Waals surface area contributed by atoms with Gasteiger partial charge >= 0.3 is 5.97 Å². The molecule has 5 atom stereocenters. The third-order valence-corrected chi connectivity index (χ3v) is 5.20. The van der Waals surface area contributed by atoms with Gasteiger partial charge in [0, 0.05) is 0 Å². The second kappa shape index (κ2) is 13.2. The summed E-state index contributed by atoms with van der Waals surface area (Å²) in [5.74, 6) is -4.69. The van der Waals surface area contributed by atoms with Crippen LogP contribution in [-0.2, 0) is 30.4 Å². The minimum Gasteiger partial charge on any atom is -0.480 e. The zero-order chi connectivity index (χ0) is 25.1. The zero-order valence-electron chi connectivity index (χ0n) is 19.0. The van der Waals surface area contributed by atoms with E-state index in [0.29, 0.717) is 6.42 Å². The molecule has 0 spiro atoms. The number of nitrogens with two attached hydrogens (primary N) is 2. The quantitative estimate of drug-likeness (QED) is 0.217. The highest BCUT2D eigenvalue weighted by Crippen LogP contribution is 2.09. The molecule has 0 fully saturated rings. The largest absolute Gasteiger partial charge is 0.480 e. The summed E-state index contributed by atoms with van der Waals surface area (Å²) < 4.78 is 0. The van der Waals surface area contributed by atoms with Gasteiger partial charge < -0.3 is 32.5 Å². The van der Waals surface area contributed by atoms with Crippen LogP contribution in [0.5, 0.6) is 0 Å². The molecule has 8 N–H and O–H groups in total. The maximum atomic E-state index is 12.6. The summed E-state index contributed by atoms with van der Waals surface area (Å²) in [6, 6.07) is 4.52. The van der Waals surface area contributed by atoms with Gasteiger partial charge in [0.25, 0.3) is 0 Å². The number of hydrogen-bond acceptors (Lipinski definition) is 6. The molecular formula is C22H33N5O6. The van der Waals surface area contributed by atoms with E-state index >= 15 is 0 Å². The molecule has 1 aromatic rings. The standard InChI is InChI=1S/C22H33N5O6/c1-4-12(2)18(22(32)33)27-21(31)16(11-17(24)28)26-19(29)13(3)25-20(30)15(23)10-14-8-6-5-7-9-14/h5-9,12-13,15-16,18H,4,10-11,23H2,1-3H3,(H2,24,28)(H,25,30)(H,26,29)(H,27,31)(H,32,33). The van der Waals surface area contributed by atoms with E-state index < -0.39 is 60.2 Å². The number of nitrogens with one attached hydrogen (secondary N) is 3. The molecule has 4 amide bonds. The van der Waals surface area contributed by atoms with Crippen LogP contribution in [0.2, 0.25) is 0 Å². The average Bonchev–Trinajstić information content (AvgIpc) is 2.76. The lowest BCUT2D eigenvalue weighted by Crippen LogP contribution is -2.57. The van der Waals surface area contributed by atoms with E-state index in [0.717, 1.165) is 5.56 Å². The maximum absolute atomic E-state index is 12.6. The molecule has 5 unspecified atom stereocenters. The normalized spacial score (nSPS) is 15.3. The average molecular weight is 464 g/mol. The number of carbonyl (C=O) groups excluding carboxylic acids is 4. The minimum absolute atomic E-state index is 0.264. The molecule has 11 nitrogen and oxygen atoms in total. The van der Waals surface area contributed by atoms with E-state index in [1.807, 2.05) is 30.3 Å². The van der Waals surface area contributed by atoms with Crippen molar-refractivity contribution >= 4 is 29.6 Å². The number of amides is 4. The van der Waals surface area contributed by atoms with Gasteiger partial charge in [-0.05, 0) is 24.8 Å². The SMILES string of the molecule is CCC(C)C(NC(=O)C(CC(N)=O)NC(=O)C(C)NC(=O)C(N)Cc1ccccc1)C(=O)O. The highest BCUT2D eigenvalue weighted by Gasteiger charge is 2.31. The van der Waals surface area contributed by atoms with Crippen molar-refractivity contribution in [3.63, 3.8) is 0 Å². The first-order valence-corrected chi connectivity index (χ1v) is 10.7. The van der Waals surface area contributed by atoms with Gasteiger partial charge in [-0.15, -0.1) is 0 Å². The number of primary amides is 1. The molecule has 0 saturated heterocycles. The van der Waals surface area contributed by atoms with Crippen molar-refractivity contribution in [2.45, 2.75) is 64.2 Å². The molecule has 0 radical (unpaired) electrons. The number of rotatable bonds is 13. The predicted molar refractivity (Wildman–Crippen MR) is 120 cm³/mol. The number of aliphatic carboxylic acids is 1. The summed E-state index contributed by atoms with van der Waals surface area (Å²) in [5.41, 5.74) is 11.9. The lowest BCUT2D eigenvalue weighted by atomic mass is 9.98. The van der Waals surface area contributed by atoms with Gasteiger partial charge in [0.1, 0.15) is 18.1 Å². The van der Waals surface area contributed by atoms with Crippen molar-refractivity contribution in [1.29, 1.82) is 0 Å². The summed E-state index contributed by atoms with van der Waals surface area (Å²) in [6.45, 7) is 4.81. The van der Waals surface area contributed by atoms with Crippen LogP contribution in [-0.4, -0.2) is 58.9 Å². The van der Waals surface area contributed by atoms with Crippen LogP contribution >= 0.6 is 0 Å². The van der Waals surface area contributed by atoms with Gasteiger partial charge in [-0.25, -0.2) is 4.79 Å². The first-order chi connectivity index (χ1) is 15.5. The Balaban J connectivity index is 2.77. The van der Waals surface area contributed by atoms with Crippen LogP contribution in [0, 0.1) is 5.92 Å². The van der Waals surface area contributed by atoms with Gasteiger partial charge in [-0.1, -0.05) is 50.6 Å². The van der Waals surface area contributed by atoms with Crippen LogP contribution in [0.4, 0.5) is 0 Å². The molecule has 0 saturated carbocycles. The number of benzene rings is 1. The second-order valence-corrected chi connectivity index (χ2v) is 7.97. The molecular weight excluding hydrogens is 430 g/mol. The van der Waals surface area contributed by atoms with E-state index in [2.05, 4.69) is 16.0 Å². The molecule has 0 aromatic heterocycles. The van der Waals surface area contributed by atoms with Crippen molar-refractivity contribution < 1.29 is 29.1 Å². The van der Waals surface area contributed by atoms with Gasteiger partial charge in [0.15, 0.2) is 0 Å². The Kier molecular flexibility index (Phi) is 11.0. The first-order valence-electron chi connectivity index (χ1n) is 10.7. The molecule has 1 rings (SSSR count). The summed E-state index contributed by atoms with van der Waals surface area (Å²) in [4.78, 5) is 60.4. The maximum Gasteiger partial charge on any atom is 0.326 e. The number of carbonyl (C=O) groups is 5. The highest BCUT2D eigenvalue weighted by molar-refractivity contribution is 5.96. The van der Waals surface area contributed by atoms with Crippen LogP contribution in [0.25, 0.3) is 0 Å². The molecule has 182 valence electrons. The van der Waals surface area contributed by atoms with Gasteiger partial charge in [-0.2, -0.15) is 0 Å². The van der Waals surface area contributed by atoms with Crippen molar-refractivity contribution in [2.75, 3.05) is 0 Å². The van der Waals surface area contributed by atoms with E-state index in [4.69, 9.17) is 11.5 Å². The highest BCUT2D eigenvalue weighted by atomic mass is 16.4. The van der Waals surface area contributed by atoms with E-state index in [9.17, 15) is 29.1 Å². The fourth-order valence-electron chi connectivity index (χ4n) is 2.99. The second-order valence-electron chi connectivity index (χ2n) is 7.97. The smallest absolute Gasteiger partial charge is 0.326 e. The zero-order valence-corrected chi connectivity index (χ0v) is 19.0. The molecule has 11 heteroatoms. The Labute approximate surface area is 192 Å². The fourth-order valence-corrected chi connectivity index (χ4v) is 2.99. The number of carboxylic acids is 1. The molecule has 0 aliphatic rings. The molecule has 0 bridgehead atoms. The Bertz CT molecular complexity index is 847. The third kappa shape index (κ3) is 9.27. The predicted octanol–water partition coefficient (Wildman–Crippen LogP) is -0.963. The minimum atomic E-state index is -1.40. The van der Waals surface area contributed by atoms with Gasteiger partial charge in [-0.3, -0.25) is 19.2 Å². The Morgan fingerprint density at radius 1 is 0.939 bits per heavy atom. The van der Waals surface area contributed by atoms with Crippen LogP contribution in [0.1, 0.15) is 39.2 Å². The monoisotopic (exact) mass is 463 g/mol. The number of hydrogen-bond donors (Lipinski definition) is 6. The van der Waals surface area contributed by atoms with Gasteiger partial charge in [0.2, 0.25) is 23.6 Å². The first kappa shape index (κ1) is 27.6. The Hall–Kier alpha value is -3.47. The van der Waals surface area contributed by atoms with E-state index in [1.165, 1.54) is 6.92 Å². The lowest BCUT2D eigenvalue weighted by molar-refractivity contribution is -0.144. The Morgan fingerprint density at radius 3 is 2.06 bits per heavy atom. The molecule has 0 aliphatic heterocycles. The van der Waals surface area contributed by atoms with Crippen LogP contribution in [0.3, 0.4) is 0 Å². The molecule has 1 aromatic carbocycles. The van der Waals surface area contributed by atoms with Crippen LogP contribution < -0.4 is 27.4 Å². The molecule has 33 heavy (non-hydrogen) atoms. The molecule has 0 aliphatic carbocycles. The van der Waals surface area contributed by atoms with E-state index in [1.54, 1.807) is 13.8 Å². The summed E-state index contributed by atoms with van der Waals surface area (Å²) >= 11 is 0. The van der Waals surface area contributed by atoms with E-state index in [-0.39, 0.29) is 12.3 Å². The lowest BCUT2D eigenvalue weighted by Gasteiger charge is -2.25. The fraction of sp³-hybridized carbons (Fsp3) is 0.500. The van der Waals surface area contributed by atoms with Crippen molar-refractivity contribution in [2.24, 2.45) is 17.4 Å². The third-order valence-electron chi connectivity index (χ3n) is 5.20. The number of carboxylic acid groups (broad SMARTS) is 1. The van der Waals surface area contributed by atoms with Crippen LogP contribution in [0.15, 0.2) is 30.3 Å². The summed E-state index contributed by atoms with van der Waals surface area (Å²) in [6.07, 6.45) is 0.203. The van der Waals surface area contributed by atoms with Gasteiger partial charge in [0.05, 0.1) is 12.5 Å². The van der Waals surface area contributed by atoms with Crippen molar-refractivity contribution in [1.82, 2.24) is 16.0 Å². The van der Waals surface area contributed by atoms with Crippen molar-refractivity contribution in [3.05, 3.63) is 35.9 Å². The Morgan fingerprint density at radius 2 is 1.55 bits per heavy atom.